The molecule has 0 heterocycles. The smallest absolute Gasteiger partial charge is 0.150 e. The minimum Gasteiger partial charge on any atom is -0.508 e. The lowest BCUT2D eigenvalue weighted by atomic mass is 9.82. The van der Waals surface area contributed by atoms with E-state index in [1.807, 2.05) is 6.07 Å². The molecule has 3 heteroatoms. The first-order chi connectivity index (χ1) is 6.98. The van der Waals surface area contributed by atoms with Gasteiger partial charge in [-0.2, -0.15) is 5.26 Å². The van der Waals surface area contributed by atoms with Gasteiger partial charge in [-0.3, -0.25) is 4.79 Å². The number of benzene rings is 1. The Morgan fingerprint density at radius 1 is 1.60 bits per heavy atom. The molecule has 0 aromatic heterocycles. The van der Waals surface area contributed by atoms with E-state index in [2.05, 4.69) is 0 Å². The van der Waals surface area contributed by atoms with Crippen LogP contribution in [0.4, 0.5) is 0 Å². The largest absolute Gasteiger partial charge is 0.508 e. The number of nitrogens with zero attached hydrogens (tertiary/aromatic N) is 1. The maximum Gasteiger partial charge on any atom is 0.150 e. The van der Waals surface area contributed by atoms with Crippen molar-refractivity contribution in [3.05, 3.63) is 29.8 Å². The molecule has 0 saturated heterocycles. The molecule has 15 heavy (non-hydrogen) atoms. The van der Waals surface area contributed by atoms with Crippen molar-refractivity contribution in [3.8, 4) is 11.8 Å². The van der Waals surface area contributed by atoms with Crippen LogP contribution in [0.5, 0.6) is 5.75 Å². The van der Waals surface area contributed by atoms with E-state index in [1.54, 1.807) is 31.2 Å². The number of nitriles is 1. The maximum atomic E-state index is 11.3. The summed E-state index contributed by atoms with van der Waals surface area (Å²) in [6, 6.07) is 8.63. The van der Waals surface area contributed by atoms with Crippen molar-refractivity contribution in [3.63, 3.8) is 0 Å². The van der Waals surface area contributed by atoms with Crippen LogP contribution in [0.15, 0.2) is 24.3 Å². The van der Waals surface area contributed by atoms with Crippen LogP contribution in [0.2, 0.25) is 0 Å². The van der Waals surface area contributed by atoms with Gasteiger partial charge in [0.05, 0.1) is 6.07 Å². The lowest BCUT2D eigenvalue weighted by Crippen LogP contribution is -2.26. The average molecular weight is 203 g/mol. The monoisotopic (exact) mass is 203 g/mol. The van der Waals surface area contributed by atoms with Crippen LogP contribution < -0.4 is 0 Å². The molecule has 78 valence electrons. The van der Waals surface area contributed by atoms with Crippen molar-refractivity contribution in [1.29, 1.82) is 5.26 Å². The first-order valence-electron chi connectivity index (χ1n) is 4.68. The van der Waals surface area contributed by atoms with Gasteiger partial charge in [-0.15, -0.1) is 0 Å². The summed E-state index contributed by atoms with van der Waals surface area (Å²) in [5.74, 6) is -0.00955. The summed E-state index contributed by atoms with van der Waals surface area (Å²) in [6.07, 6.45) is 0.327. The van der Waals surface area contributed by atoms with Gasteiger partial charge in [0.15, 0.2) is 0 Å². The Bertz CT molecular complexity index is 420. The molecule has 1 N–H and O–H groups in total. The lowest BCUT2D eigenvalue weighted by Gasteiger charge is -2.17. The highest BCUT2D eigenvalue weighted by Crippen LogP contribution is 2.24. The van der Waals surface area contributed by atoms with Gasteiger partial charge in [-0.1, -0.05) is 12.1 Å². The normalized spacial score (nSPS) is 13.9. The predicted molar refractivity (Wildman–Crippen MR) is 56.2 cm³/mol. The Balaban J connectivity index is 2.95. The van der Waals surface area contributed by atoms with Gasteiger partial charge >= 0.3 is 0 Å². The van der Waals surface area contributed by atoms with E-state index in [4.69, 9.17) is 5.26 Å². The Kier molecular flexibility index (Phi) is 3.11. The lowest BCUT2D eigenvalue weighted by molar-refractivity contribution is -0.123. The molecule has 0 radical (unpaired) electrons. The van der Waals surface area contributed by atoms with Gasteiger partial charge in [0.25, 0.3) is 0 Å². The highest BCUT2D eigenvalue weighted by molar-refractivity contribution is 5.85. The maximum absolute atomic E-state index is 11.3. The number of Topliss-reactive ketones (excluding diaryl/α,β-unsaturated/α-hetero) is 1. The fourth-order valence-corrected chi connectivity index (χ4v) is 1.32. The number of phenolic OH excluding ortho intramolecular Hbond substituents is 1. The van der Waals surface area contributed by atoms with E-state index >= 15 is 0 Å². The van der Waals surface area contributed by atoms with Crippen molar-refractivity contribution >= 4 is 5.78 Å². The molecule has 0 spiro atoms. The van der Waals surface area contributed by atoms with Crippen LogP contribution in [0.3, 0.4) is 0 Å². The molecule has 0 aliphatic carbocycles. The van der Waals surface area contributed by atoms with E-state index in [-0.39, 0.29) is 11.5 Å². The second kappa shape index (κ2) is 4.14. The first kappa shape index (κ1) is 11.3. The number of hydrogen-bond acceptors (Lipinski definition) is 3. The van der Waals surface area contributed by atoms with Gasteiger partial charge in [-0.25, -0.2) is 0 Å². The Hall–Kier alpha value is -1.82. The number of phenols is 1. The molecule has 1 aromatic rings. The second-order valence-corrected chi connectivity index (χ2v) is 3.85. The van der Waals surface area contributed by atoms with Crippen molar-refractivity contribution in [1.82, 2.24) is 0 Å². The SMILES string of the molecule is CC(=O)C(C)(C#N)Cc1cccc(O)c1. The number of ketones is 1. The number of carbonyl (C=O) groups excluding carboxylic acids is 1. The number of hydrogen-bond donors (Lipinski definition) is 1. The molecule has 1 unspecified atom stereocenters. The van der Waals surface area contributed by atoms with Crippen molar-refractivity contribution in [2.24, 2.45) is 5.41 Å². The zero-order valence-corrected chi connectivity index (χ0v) is 8.82. The first-order valence-corrected chi connectivity index (χ1v) is 4.68. The van der Waals surface area contributed by atoms with Crippen LogP contribution in [0.1, 0.15) is 19.4 Å². The molecular weight excluding hydrogens is 190 g/mol. The summed E-state index contributed by atoms with van der Waals surface area (Å²) < 4.78 is 0. The van der Waals surface area contributed by atoms with Gasteiger partial charge in [0, 0.05) is 0 Å². The third-order valence-corrected chi connectivity index (χ3v) is 2.49. The second-order valence-electron chi connectivity index (χ2n) is 3.85. The summed E-state index contributed by atoms with van der Waals surface area (Å²) in [7, 11) is 0. The van der Waals surface area contributed by atoms with E-state index in [9.17, 15) is 9.90 Å². The zero-order valence-electron chi connectivity index (χ0n) is 8.82. The summed E-state index contributed by atoms with van der Waals surface area (Å²) in [5, 5.41) is 18.2. The quantitative estimate of drug-likeness (QED) is 0.817. The van der Waals surface area contributed by atoms with Crippen LogP contribution in [-0.4, -0.2) is 10.9 Å². The van der Waals surface area contributed by atoms with Gasteiger partial charge in [-0.05, 0) is 38.0 Å². The number of rotatable bonds is 3. The molecule has 3 nitrogen and oxygen atoms in total. The van der Waals surface area contributed by atoms with Crippen LogP contribution in [0.25, 0.3) is 0 Å². The van der Waals surface area contributed by atoms with Crippen LogP contribution in [-0.2, 0) is 11.2 Å². The van der Waals surface area contributed by atoms with Gasteiger partial charge in [0.1, 0.15) is 16.9 Å². The molecule has 0 amide bonds. The molecule has 1 rings (SSSR count). The topological polar surface area (TPSA) is 61.1 Å². The Morgan fingerprint density at radius 3 is 2.73 bits per heavy atom. The van der Waals surface area contributed by atoms with E-state index < -0.39 is 5.41 Å². The summed E-state index contributed by atoms with van der Waals surface area (Å²) >= 11 is 0. The molecule has 0 bridgehead atoms. The van der Waals surface area contributed by atoms with Crippen molar-refractivity contribution in [2.45, 2.75) is 20.3 Å². The third-order valence-electron chi connectivity index (χ3n) is 2.49. The van der Waals surface area contributed by atoms with E-state index in [0.29, 0.717) is 6.42 Å². The standard InChI is InChI=1S/C12H13NO2/c1-9(14)12(2,8-13)7-10-4-3-5-11(15)6-10/h3-6,15H,7H2,1-2H3. The zero-order chi connectivity index (χ0) is 11.5. The molecule has 1 aromatic carbocycles. The molecular formula is C12H13NO2. The van der Waals surface area contributed by atoms with Gasteiger partial charge < -0.3 is 5.11 Å². The molecule has 0 fully saturated rings. The summed E-state index contributed by atoms with van der Waals surface area (Å²) in [6.45, 7) is 3.02. The predicted octanol–water partition coefficient (Wildman–Crippen LogP) is 2.05. The molecule has 0 aliphatic rings. The average Bonchev–Trinajstić information content (AvgIpc) is 2.17. The van der Waals surface area contributed by atoms with Crippen LogP contribution >= 0.6 is 0 Å². The van der Waals surface area contributed by atoms with Crippen molar-refractivity contribution < 1.29 is 9.90 Å². The summed E-state index contributed by atoms with van der Waals surface area (Å²) in [5.41, 5.74) is -0.220. The fraction of sp³-hybridized carbons (Fsp3) is 0.333. The molecule has 0 aliphatic heterocycles. The minimum atomic E-state index is -1.01. The van der Waals surface area contributed by atoms with Crippen LogP contribution in [0, 0.1) is 16.7 Å². The molecule has 0 saturated carbocycles. The highest BCUT2D eigenvalue weighted by atomic mass is 16.3. The third kappa shape index (κ3) is 2.57. The van der Waals surface area contributed by atoms with Gasteiger partial charge in [0.2, 0.25) is 0 Å². The van der Waals surface area contributed by atoms with Crippen molar-refractivity contribution in [2.75, 3.05) is 0 Å². The highest BCUT2D eigenvalue weighted by Gasteiger charge is 2.29. The molecule has 1 atom stereocenters. The number of aromatic hydroxyl groups is 1. The Morgan fingerprint density at radius 2 is 2.27 bits per heavy atom. The van der Waals surface area contributed by atoms with E-state index in [0.717, 1.165) is 5.56 Å². The Labute approximate surface area is 89.0 Å². The summed E-state index contributed by atoms with van der Waals surface area (Å²) in [4.78, 5) is 11.3. The fourth-order valence-electron chi connectivity index (χ4n) is 1.32. The number of carbonyl (C=O) groups is 1. The minimum absolute atomic E-state index is 0.149. The van der Waals surface area contributed by atoms with E-state index in [1.165, 1.54) is 6.92 Å².